The summed E-state index contributed by atoms with van der Waals surface area (Å²) in [5.74, 6) is 2.71. The van der Waals surface area contributed by atoms with Crippen LogP contribution in [0.3, 0.4) is 0 Å². The molecule has 6 nitrogen and oxygen atoms in total. The lowest BCUT2D eigenvalue weighted by Gasteiger charge is -2.39. The van der Waals surface area contributed by atoms with Crippen molar-refractivity contribution in [2.75, 3.05) is 23.3 Å². The number of hydrogen-bond acceptors (Lipinski definition) is 5. The van der Waals surface area contributed by atoms with Crippen LogP contribution in [0.5, 0.6) is 0 Å². The van der Waals surface area contributed by atoms with Gasteiger partial charge in [-0.15, -0.1) is 0 Å². The maximum atomic E-state index is 12.1. The fraction of sp³-hybridized carbons (Fsp3) is 0.536. The monoisotopic (exact) mass is 457 g/mol. The topological polar surface area (TPSA) is 73.9 Å². The van der Waals surface area contributed by atoms with Crippen molar-refractivity contribution < 1.29 is 0 Å². The first kappa shape index (κ1) is 21.6. The third-order valence-electron chi connectivity index (χ3n) is 8.39. The Hall–Kier alpha value is -2.89. The zero-order chi connectivity index (χ0) is 22.9. The molecular weight excluding hydrogens is 422 g/mol. The summed E-state index contributed by atoms with van der Waals surface area (Å²) in [6, 6.07) is 12.1. The van der Waals surface area contributed by atoms with E-state index in [1.165, 1.54) is 69.9 Å². The molecule has 34 heavy (non-hydrogen) atoms. The van der Waals surface area contributed by atoms with Crippen molar-refractivity contribution in [1.29, 1.82) is 0 Å². The smallest absolute Gasteiger partial charge is 0.249 e. The predicted octanol–water partition coefficient (Wildman–Crippen LogP) is 6.13. The van der Waals surface area contributed by atoms with E-state index in [-0.39, 0.29) is 5.56 Å². The van der Waals surface area contributed by atoms with Crippen molar-refractivity contribution in [2.24, 2.45) is 11.8 Å². The van der Waals surface area contributed by atoms with Crippen LogP contribution in [-0.4, -0.2) is 28.0 Å². The molecule has 2 aliphatic carbocycles. The van der Waals surface area contributed by atoms with Gasteiger partial charge in [0.1, 0.15) is 5.65 Å². The van der Waals surface area contributed by atoms with Gasteiger partial charge in [-0.25, -0.2) is 4.98 Å². The van der Waals surface area contributed by atoms with E-state index >= 15 is 0 Å². The van der Waals surface area contributed by atoms with E-state index in [1.807, 2.05) is 6.07 Å². The van der Waals surface area contributed by atoms with E-state index in [2.05, 4.69) is 39.5 Å². The number of piperidine rings is 1. The number of benzene rings is 1. The fourth-order valence-corrected chi connectivity index (χ4v) is 6.59. The van der Waals surface area contributed by atoms with Gasteiger partial charge in [0.15, 0.2) is 0 Å². The number of aromatic nitrogens is 3. The number of fused-ring (bicyclic) bond motifs is 2. The number of anilines is 3. The van der Waals surface area contributed by atoms with E-state index in [0.717, 1.165) is 41.7 Å². The Morgan fingerprint density at radius 1 is 0.824 bits per heavy atom. The second-order valence-electron chi connectivity index (χ2n) is 10.6. The van der Waals surface area contributed by atoms with Gasteiger partial charge in [0.25, 0.3) is 0 Å². The lowest BCUT2D eigenvalue weighted by atomic mass is 9.67. The highest BCUT2D eigenvalue weighted by molar-refractivity contribution is 5.79. The van der Waals surface area contributed by atoms with Gasteiger partial charge in [0.2, 0.25) is 11.5 Å². The van der Waals surface area contributed by atoms with E-state index < -0.39 is 0 Å². The SMILES string of the molecule is O=c1ccc2c(C3CCC4CCCCC4C3)nc(Nc3ccc(N4CCCCC4)cc3)nc2[nH]1. The molecule has 2 saturated carbocycles. The first-order valence-electron chi connectivity index (χ1n) is 13.3. The summed E-state index contributed by atoms with van der Waals surface area (Å²) < 4.78 is 0. The Morgan fingerprint density at radius 2 is 1.62 bits per heavy atom. The molecule has 0 bridgehead atoms. The minimum absolute atomic E-state index is 0.120. The van der Waals surface area contributed by atoms with Crippen LogP contribution in [0.4, 0.5) is 17.3 Å². The van der Waals surface area contributed by atoms with Crippen LogP contribution in [0.25, 0.3) is 11.0 Å². The quantitative estimate of drug-likeness (QED) is 0.493. The van der Waals surface area contributed by atoms with Gasteiger partial charge in [-0.05, 0) is 80.7 Å². The van der Waals surface area contributed by atoms with Crippen LogP contribution in [0.2, 0.25) is 0 Å². The molecular formula is C28H35N5O. The molecule has 6 rings (SSSR count). The lowest BCUT2D eigenvalue weighted by molar-refractivity contribution is 0.155. The molecule has 178 valence electrons. The van der Waals surface area contributed by atoms with E-state index in [0.29, 0.717) is 17.5 Å². The van der Waals surface area contributed by atoms with Crippen LogP contribution >= 0.6 is 0 Å². The van der Waals surface area contributed by atoms with Crippen molar-refractivity contribution in [1.82, 2.24) is 15.0 Å². The van der Waals surface area contributed by atoms with E-state index in [1.54, 1.807) is 6.07 Å². The van der Waals surface area contributed by atoms with Gasteiger partial charge in [-0.3, -0.25) is 4.79 Å². The molecule has 0 spiro atoms. The Balaban J connectivity index is 1.28. The molecule has 1 saturated heterocycles. The first-order valence-corrected chi connectivity index (χ1v) is 13.3. The number of hydrogen-bond donors (Lipinski definition) is 2. The summed E-state index contributed by atoms with van der Waals surface area (Å²) in [5, 5.41) is 4.41. The molecule has 3 atom stereocenters. The predicted molar refractivity (Wildman–Crippen MR) is 138 cm³/mol. The Kier molecular flexibility index (Phi) is 5.98. The summed E-state index contributed by atoms with van der Waals surface area (Å²) in [5.41, 5.74) is 3.86. The average Bonchev–Trinajstić information content (AvgIpc) is 2.89. The minimum Gasteiger partial charge on any atom is -0.372 e. The number of rotatable bonds is 4. The molecule has 6 heteroatoms. The van der Waals surface area contributed by atoms with Gasteiger partial charge < -0.3 is 15.2 Å². The first-order chi connectivity index (χ1) is 16.7. The van der Waals surface area contributed by atoms with Crippen molar-refractivity contribution >= 4 is 28.4 Å². The number of aromatic amines is 1. The maximum Gasteiger partial charge on any atom is 0.249 e. The van der Waals surface area contributed by atoms with Crippen LogP contribution in [0, 0.1) is 11.8 Å². The molecule has 1 aromatic carbocycles. The molecule has 3 aromatic rings. The van der Waals surface area contributed by atoms with Crippen molar-refractivity contribution in [3.05, 3.63) is 52.4 Å². The molecule has 3 fully saturated rings. The van der Waals surface area contributed by atoms with Gasteiger partial charge in [-0.2, -0.15) is 4.98 Å². The summed E-state index contributed by atoms with van der Waals surface area (Å²) in [6.07, 6.45) is 13.1. The van der Waals surface area contributed by atoms with Gasteiger partial charge in [-0.1, -0.05) is 25.7 Å². The number of nitrogens with one attached hydrogen (secondary N) is 2. The molecule has 3 unspecified atom stereocenters. The van der Waals surface area contributed by atoms with Crippen molar-refractivity contribution in [3.63, 3.8) is 0 Å². The zero-order valence-corrected chi connectivity index (χ0v) is 19.9. The van der Waals surface area contributed by atoms with Crippen LogP contribution in [-0.2, 0) is 0 Å². The van der Waals surface area contributed by atoms with Gasteiger partial charge in [0, 0.05) is 41.8 Å². The zero-order valence-electron chi connectivity index (χ0n) is 19.9. The number of H-pyrrole nitrogens is 1. The second kappa shape index (κ2) is 9.40. The Morgan fingerprint density at radius 3 is 2.44 bits per heavy atom. The fourth-order valence-electron chi connectivity index (χ4n) is 6.59. The van der Waals surface area contributed by atoms with Crippen molar-refractivity contribution in [3.8, 4) is 0 Å². The molecule has 1 aliphatic heterocycles. The average molecular weight is 458 g/mol. The summed E-state index contributed by atoms with van der Waals surface area (Å²) in [7, 11) is 0. The van der Waals surface area contributed by atoms with E-state index in [9.17, 15) is 4.79 Å². The number of nitrogens with zero attached hydrogens (tertiary/aromatic N) is 3. The molecule has 2 N–H and O–H groups in total. The summed E-state index contributed by atoms with van der Waals surface area (Å²) >= 11 is 0. The van der Waals surface area contributed by atoms with Crippen LogP contribution < -0.4 is 15.8 Å². The largest absolute Gasteiger partial charge is 0.372 e. The molecule has 0 amide bonds. The van der Waals surface area contributed by atoms with Crippen molar-refractivity contribution in [2.45, 2.75) is 70.1 Å². The highest BCUT2D eigenvalue weighted by Crippen LogP contribution is 2.46. The van der Waals surface area contributed by atoms with Gasteiger partial charge in [0.05, 0.1) is 5.69 Å². The van der Waals surface area contributed by atoms with Crippen LogP contribution in [0.15, 0.2) is 41.2 Å². The second-order valence-corrected chi connectivity index (χ2v) is 10.6. The highest BCUT2D eigenvalue weighted by Gasteiger charge is 2.34. The summed E-state index contributed by atoms with van der Waals surface area (Å²) in [4.78, 5) is 27.2. The van der Waals surface area contributed by atoms with Gasteiger partial charge >= 0.3 is 0 Å². The molecule has 3 heterocycles. The maximum absolute atomic E-state index is 12.1. The van der Waals surface area contributed by atoms with Crippen LogP contribution in [0.1, 0.15) is 75.8 Å². The molecule has 0 radical (unpaired) electrons. The third kappa shape index (κ3) is 4.42. The molecule has 3 aliphatic rings. The van der Waals surface area contributed by atoms with E-state index in [4.69, 9.17) is 9.97 Å². The standard InChI is InChI=1S/C28H35N5O/c34-25-15-14-24-26(21-9-8-19-6-2-3-7-20(19)18-21)31-28(32-27(24)30-25)29-22-10-12-23(13-11-22)33-16-4-1-5-17-33/h10-15,19-21H,1-9,16-18H2,(H2,29,30,31,32,34). The Bertz CT molecular complexity index is 1200. The Labute approximate surface area is 201 Å². The summed E-state index contributed by atoms with van der Waals surface area (Å²) in [6.45, 7) is 2.28. The molecule has 2 aromatic heterocycles. The number of pyridine rings is 1. The normalized spacial score (nSPS) is 25.2. The highest BCUT2D eigenvalue weighted by atomic mass is 16.1. The lowest BCUT2D eigenvalue weighted by Crippen LogP contribution is -2.29. The minimum atomic E-state index is -0.120. The third-order valence-corrected chi connectivity index (χ3v) is 8.39.